The number of nitrogens with one attached hydrogen (secondary N) is 1. The first kappa shape index (κ1) is 25.5. The minimum atomic E-state index is -0.479. The van der Waals surface area contributed by atoms with Crippen LogP contribution in [0.1, 0.15) is 46.8 Å². The van der Waals surface area contributed by atoms with E-state index in [1.165, 1.54) is 18.9 Å². The summed E-state index contributed by atoms with van der Waals surface area (Å²) >= 11 is 0. The SMILES string of the molecule is CCCCc1ccc(OCC(=O)NN=Cc2ccc(OC(=O)c3ccc(C)cc3)c(OC)c2)cc1. The maximum atomic E-state index is 12.4. The molecule has 0 fully saturated rings. The Hall–Kier alpha value is -4.13. The molecule has 7 nitrogen and oxygen atoms in total. The molecule has 35 heavy (non-hydrogen) atoms. The molecular formula is C28H30N2O5. The zero-order valence-corrected chi connectivity index (χ0v) is 20.2. The van der Waals surface area contributed by atoms with Crippen molar-refractivity contribution < 1.29 is 23.8 Å². The van der Waals surface area contributed by atoms with E-state index in [2.05, 4.69) is 17.5 Å². The standard InChI is InChI=1S/C28H30N2O5/c1-4-5-6-21-9-14-24(15-10-21)34-19-27(31)30-29-18-22-11-16-25(26(17-22)33-3)35-28(32)23-12-7-20(2)8-13-23/h7-18H,4-6,19H2,1-3H3,(H,30,31). The number of aryl methyl sites for hydroxylation is 2. The third kappa shape index (κ3) is 7.99. The average Bonchev–Trinajstić information content (AvgIpc) is 2.88. The highest BCUT2D eigenvalue weighted by Gasteiger charge is 2.13. The first-order valence-corrected chi connectivity index (χ1v) is 11.5. The van der Waals surface area contributed by atoms with Gasteiger partial charge >= 0.3 is 5.97 Å². The van der Waals surface area contributed by atoms with Gasteiger partial charge in [-0.25, -0.2) is 10.2 Å². The largest absolute Gasteiger partial charge is 0.493 e. The molecule has 3 aromatic carbocycles. The van der Waals surface area contributed by atoms with Gasteiger partial charge in [0.05, 0.1) is 18.9 Å². The predicted molar refractivity (Wildman–Crippen MR) is 135 cm³/mol. The molecule has 0 aliphatic carbocycles. The first-order valence-electron chi connectivity index (χ1n) is 11.5. The number of unbranched alkanes of at least 4 members (excludes halogenated alkanes) is 1. The van der Waals surface area contributed by atoms with Gasteiger partial charge in [0, 0.05) is 0 Å². The lowest BCUT2D eigenvalue weighted by atomic mass is 10.1. The summed E-state index contributed by atoms with van der Waals surface area (Å²) in [6.07, 6.45) is 4.80. The molecule has 3 aromatic rings. The van der Waals surface area contributed by atoms with Crippen LogP contribution in [0.4, 0.5) is 0 Å². The quantitative estimate of drug-likeness (QED) is 0.181. The van der Waals surface area contributed by atoms with E-state index < -0.39 is 5.97 Å². The van der Waals surface area contributed by atoms with E-state index in [0.29, 0.717) is 22.6 Å². The summed E-state index contributed by atoms with van der Waals surface area (Å²) in [7, 11) is 1.48. The van der Waals surface area contributed by atoms with Crippen molar-refractivity contribution >= 4 is 18.1 Å². The number of nitrogens with zero attached hydrogens (tertiary/aromatic N) is 1. The number of benzene rings is 3. The molecule has 0 unspecified atom stereocenters. The third-order valence-corrected chi connectivity index (χ3v) is 5.19. The van der Waals surface area contributed by atoms with Crippen LogP contribution >= 0.6 is 0 Å². The molecular weight excluding hydrogens is 444 g/mol. The van der Waals surface area contributed by atoms with E-state index >= 15 is 0 Å². The van der Waals surface area contributed by atoms with Gasteiger partial charge in [0.25, 0.3) is 5.91 Å². The lowest BCUT2D eigenvalue weighted by Gasteiger charge is -2.10. The number of esters is 1. The smallest absolute Gasteiger partial charge is 0.343 e. The zero-order chi connectivity index (χ0) is 25.0. The van der Waals surface area contributed by atoms with Crippen molar-refractivity contribution in [2.24, 2.45) is 5.10 Å². The number of carbonyl (C=O) groups excluding carboxylic acids is 2. The molecule has 0 spiro atoms. The average molecular weight is 475 g/mol. The Kier molecular flexibility index (Phi) is 9.42. The number of hydrogen-bond acceptors (Lipinski definition) is 6. The highest BCUT2D eigenvalue weighted by molar-refractivity contribution is 5.91. The number of hydrogen-bond donors (Lipinski definition) is 1. The number of ether oxygens (including phenoxy) is 3. The molecule has 182 valence electrons. The summed E-state index contributed by atoms with van der Waals surface area (Å²) in [6, 6.07) is 19.8. The van der Waals surface area contributed by atoms with E-state index in [1.807, 2.05) is 43.3 Å². The van der Waals surface area contributed by atoms with Gasteiger partial charge in [-0.1, -0.05) is 43.2 Å². The van der Waals surface area contributed by atoms with Crippen LogP contribution in [0.15, 0.2) is 71.8 Å². The highest BCUT2D eigenvalue weighted by atomic mass is 16.6. The Labute approximate surface area is 205 Å². The normalized spacial score (nSPS) is 10.7. The Morgan fingerprint density at radius 2 is 1.71 bits per heavy atom. The van der Waals surface area contributed by atoms with Crippen LogP contribution < -0.4 is 19.6 Å². The van der Waals surface area contributed by atoms with Gasteiger partial charge in [-0.3, -0.25) is 4.79 Å². The topological polar surface area (TPSA) is 86.2 Å². The first-order chi connectivity index (χ1) is 17.0. The number of methoxy groups -OCH3 is 1. The second-order valence-electron chi connectivity index (χ2n) is 8.00. The molecule has 0 aliphatic rings. The van der Waals surface area contributed by atoms with Crippen LogP contribution in [0.2, 0.25) is 0 Å². The molecule has 0 heterocycles. The second kappa shape index (κ2) is 12.9. The van der Waals surface area contributed by atoms with Crippen molar-refractivity contribution in [3.63, 3.8) is 0 Å². The van der Waals surface area contributed by atoms with Crippen molar-refractivity contribution in [1.29, 1.82) is 0 Å². The van der Waals surface area contributed by atoms with E-state index in [-0.39, 0.29) is 18.3 Å². The molecule has 0 bridgehead atoms. The van der Waals surface area contributed by atoms with Crippen LogP contribution in [0.5, 0.6) is 17.2 Å². The number of carbonyl (C=O) groups is 2. The summed E-state index contributed by atoms with van der Waals surface area (Å²) in [5.74, 6) is 0.421. The molecule has 0 saturated heterocycles. The lowest BCUT2D eigenvalue weighted by Crippen LogP contribution is -2.24. The fraction of sp³-hybridized carbons (Fsp3) is 0.250. The van der Waals surface area contributed by atoms with Crippen molar-refractivity contribution in [1.82, 2.24) is 5.43 Å². The fourth-order valence-electron chi connectivity index (χ4n) is 3.19. The van der Waals surface area contributed by atoms with Crippen LogP contribution in [0, 0.1) is 6.92 Å². The molecule has 0 radical (unpaired) electrons. The van der Waals surface area contributed by atoms with Crippen molar-refractivity contribution in [2.45, 2.75) is 33.1 Å². The third-order valence-electron chi connectivity index (χ3n) is 5.19. The second-order valence-corrected chi connectivity index (χ2v) is 8.00. The van der Waals surface area contributed by atoms with Crippen molar-refractivity contribution in [3.8, 4) is 17.2 Å². The maximum absolute atomic E-state index is 12.4. The maximum Gasteiger partial charge on any atom is 0.343 e. The molecule has 3 rings (SSSR count). The van der Waals surface area contributed by atoms with E-state index in [9.17, 15) is 9.59 Å². The van der Waals surface area contributed by atoms with E-state index in [1.54, 1.807) is 30.3 Å². The zero-order valence-electron chi connectivity index (χ0n) is 20.2. The number of hydrazone groups is 1. The minimum Gasteiger partial charge on any atom is -0.493 e. The minimum absolute atomic E-state index is 0.150. The van der Waals surface area contributed by atoms with Crippen LogP contribution in [0.3, 0.4) is 0 Å². The Morgan fingerprint density at radius 1 is 0.971 bits per heavy atom. The van der Waals surface area contributed by atoms with Gasteiger partial charge < -0.3 is 14.2 Å². The van der Waals surface area contributed by atoms with E-state index in [4.69, 9.17) is 14.2 Å². The molecule has 1 N–H and O–H groups in total. The van der Waals surface area contributed by atoms with Gasteiger partial charge in [0.2, 0.25) is 0 Å². The Morgan fingerprint density at radius 3 is 2.40 bits per heavy atom. The summed E-state index contributed by atoms with van der Waals surface area (Å²) in [5.41, 5.74) is 5.83. The highest BCUT2D eigenvalue weighted by Crippen LogP contribution is 2.28. The molecule has 0 aromatic heterocycles. The van der Waals surface area contributed by atoms with Gasteiger partial charge in [-0.2, -0.15) is 5.10 Å². The molecule has 0 atom stereocenters. The summed E-state index contributed by atoms with van der Waals surface area (Å²) in [4.78, 5) is 24.4. The van der Waals surface area contributed by atoms with Crippen molar-refractivity contribution in [3.05, 3.63) is 89.0 Å². The van der Waals surface area contributed by atoms with Gasteiger partial charge in [0.15, 0.2) is 18.1 Å². The monoisotopic (exact) mass is 474 g/mol. The number of rotatable bonds is 11. The number of amides is 1. The van der Waals surface area contributed by atoms with Crippen LogP contribution in [0.25, 0.3) is 0 Å². The Bertz CT molecular complexity index is 1150. The van der Waals surface area contributed by atoms with Gasteiger partial charge in [0.1, 0.15) is 5.75 Å². The van der Waals surface area contributed by atoms with Crippen LogP contribution in [-0.2, 0) is 11.2 Å². The Balaban J connectivity index is 1.50. The van der Waals surface area contributed by atoms with Crippen molar-refractivity contribution in [2.75, 3.05) is 13.7 Å². The van der Waals surface area contributed by atoms with Gasteiger partial charge in [-0.05, 0) is 73.4 Å². The predicted octanol–water partition coefficient (Wildman–Crippen LogP) is 5.09. The molecule has 0 aliphatic heterocycles. The van der Waals surface area contributed by atoms with Gasteiger partial charge in [-0.15, -0.1) is 0 Å². The lowest BCUT2D eigenvalue weighted by molar-refractivity contribution is -0.123. The summed E-state index contributed by atoms with van der Waals surface area (Å²) < 4.78 is 16.3. The van der Waals surface area contributed by atoms with Crippen LogP contribution in [-0.4, -0.2) is 31.8 Å². The summed E-state index contributed by atoms with van der Waals surface area (Å²) in [5, 5.41) is 3.96. The molecule has 1 amide bonds. The fourth-order valence-corrected chi connectivity index (χ4v) is 3.19. The molecule has 7 heteroatoms. The van der Waals surface area contributed by atoms with E-state index in [0.717, 1.165) is 24.8 Å². The summed E-state index contributed by atoms with van der Waals surface area (Å²) in [6.45, 7) is 3.96. The molecule has 0 saturated carbocycles.